The molecule has 0 fully saturated rings. The molecule has 0 atom stereocenters. The predicted molar refractivity (Wildman–Crippen MR) is 85.9 cm³/mol. The average molecular weight is 309 g/mol. The van der Waals surface area contributed by atoms with Gasteiger partial charge in [0.2, 0.25) is 0 Å². The second-order valence-electron chi connectivity index (χ2n) is 5.20. The van der Waals surface area contributed by atoms with Gasteiger partial charge in [0, 0.05) is 11.8 Å². The number of nitrogens with one attached hydrogen (secondary N) is 1. The first-order valence-corrected chi connectivity index (χ1v) is 7.28. The van der Waals surface area contributed by atoms with Gasteiger partial charge in [0.05, 0.1) is 12.2 Å². The number of hydrogen-bond acceptors (Lipinski definition) is 2. The molecule has 116 valence electrons. The van der Waals surface area contributed by atoms with Gasteiger partial charge in [-0.3, -0.25) is 4.79 Å². The molecule has 1 amide bonds. The van der Waals surface area contributed by atoms with Crippen molar-refractivity contribution in [3.63, 3.8) is 0 Å². The quantitative estimate of drug-likeness (QED) is 0.804. The number of carbonyl (C=O) groups excluding carboxylic acids is 1. The van der Waals surface area contributed by atoms with Crippen molar-refractivity contribution in [2.75, 3.05) is 0 Å². The molecular weight excluding hydrogens is 293 g/mol. The van der Waals surface area contributed by atoms with Gasteiger partial charge in [0.1, 0.15) is 11.5 Å². The van der Waals surface area contributed by atoms with Crippen molar-refractivity contribution >= 4 is 5.91 Å². The number of nitrogens with zero attached hydrogens (tertiary/aromatic N) is 2. The highest BCUT2D eigenvalue weighted by atomic mass is 19.1. The fraction of sp³-hybridized carbons (Fsp3) is 0.111. The number of rotatable bonds is 4. The molecule has 5 heteroatoms. The van der Waals surface area contributed by atoms with Crippen LogP contribution < -0.4 is 5.32 Å². The third kappa shape index (κ3) is 3.29. The highest BCUT2D eigenvalue weighted by Gasteiger charge is 2.09. The second-order valence-corrected chi connectivity index (χ2v) is 5.20. The van der Waals surface area contributed by atoms with Crippen molar-refractivity contribution < 1.29 is 9.18 Å². The summed E-state index contributed by atoms with van der Waals surface area (Å²) in [5, 5.41) is 7.12. The molecule has 0 radical (unpaired) electrons. The number of para-hydroxylation sites is 1. The minimum Gasteiger partial charge on any atom is -0.346 e. The molecule has 3 aromatic rings. The monoisotopic (exact) mass is 309 g/mol. The van der Waals surface area contributed by atoms with Crippen LogP contribution in [-0.4, -0.2) is 15.7 Å². The number of aryl methyl sites for hydroxylation is 1. The van der Waals surface area contributed by atoms with Gasteiger partial charge in [-0.25, -0.2) is 9.07 Å². The number of aromatic nitrogens is 2. The Bertz CT molecular complexity index is 842. The van der Waals surface area contributed by atoms with E-state index in [-0.39, 0.29) is 18.3 Å². The van der Waals surface area contributed by atoms with Crippen LogP contribution in [0.5, 0.6) is 0 Å². The van der Waals surface area contributed by atoms with E-state index in [4.69, 9.17) is 0 Å². The second kappa shape index (κ2) is 6.44. The van der Waals surface area contributed by atoms with E-state index in [0.717, 1.165) is 5.56 Å². The molecule has 1 aromatic heterocycles. The van der Waals surface area contributed by atoms with Gasteiger partial charge in [-0.2, -0.15) is 5.10 Å². The summed E-state index contributed by atoms with van der Waals surface area (Å²) in [6.07, 6.45) is 1.67. The minimum atomic E-state index is -0.342. The van der Waals surface area contributed by atoms with Crippen LogP contribution in [0.25, 0.3) is 5.69 Å². The van der Waals surface area contributed by atoms with Crippen molar-refractivity contribution in [1.29, 1.82) is 0 Å². The Morgan fingerprint density at radius 1 is 1.13 bits per heavy atom. The van der Waals surface area contributed by atoms with Crippen molar-refractivity contribution in [3.05, 3.63) is 83.4 Å². The van der Waals surface area contributed by atoms with E-state index in [1.54, 1.807) is 36.5 Å². The van der Waals surface area contributed by atoms with E-state index >= 15 is 0 Å². The molecule has 0 bridgehead atoms. The Kier molecular flexibility index (Phi) is 4.19. The Morgan fingerprint density at radius 3 is 2.65 bits per heavy atom. The maximum atomic E-state index is 13.7. The van der Waals surface area contributed by atoms with E-state index in [9.17, 15) is 9.18 Å². The first-order chi connectivity index (χ1) is 11.1. The summed E-state index contributed by atoms with van der Waals surface area (Å²) in [7, 11) is 0. The molecule has 0 aliphatic carbocycles. The SMILES string of the molecule is Cc1ccccc1C(=O)NCc1ccn(-c2ccccc2F)n1. The molecule has 0 saturated heterocycles. The maximum Gasteiger partial charge on any atom is 0.251 e. The fourth-order valence-corrected chi connectivity index (χ4v) is 2.32. The molecule has 2 aromatic carbocycles. The normalized spacial score (nSPS) is 10.5. The number of amides is 1. The lowest BCUT2D eigenvalue weighted by Crippen LogP contribution is -2.23. The minimum absolute atomic E-state index is 0.149. The van der Waals surface area contributed by atoms with E-state index in [1.165, 1.54) is 10.7 Å². The van der Waals surface area contributed by atoms with Crippen LogP contribution in [0.2, 0.25) is 0 Å². The summed E-state index contributed by atoms with van der Waals surface area (Å²) < 4.78 is 15.2. The smallest absolute Gasteiger partial charge is 0.251 e. The van der Waals surface area contributed by atoms with Crippen molar-refractivity contribution in [1.82, 2.24) is 15.1 Å². The van der Waals surface area contributed by atoms with E-state index in [0.29, 0.717) is 16.9 Å². The van der Waals surface area contributed by atoms with Crippen LogP contribution >= 0.6 is 0 Å². The Labute approximate surface area is 133 Å². The molecule has 0 aliphatic heterocycles. The third-order valence-corrected chi connectivity index (χ3v) is 3.56. The summed E-state index contributed by atoms with van der Waals surface area (Å²) in [5.41, 5.74) is 2.60. The van der Waals surface area contributed by atoms with Crippen LogP contribution in [0.4, 0.5) is 4.39 Å². The molecule has 23 heavy (non-hydrogen) atoms. The molecule has 0 spiro atoms. The van der Waals surface area contributed by atoms with Gasteiger partial charge in [-0.05, 0) is 36.8 Å². The van der Waals surface area contributed by atoms with E-state index in [1.807, 2.05) is 25.1 Å². The van der Waals surface area contributed by atoms with E-state index in [2.05, 4.69) is 10.4 Å². The molecular formula is C18H16FN3O. The molecule has 1 N–H and O–H groups in total. The van der Waals surface area contributed by atoms with Gasteiger partial charge < -0.3 is 5.32 Å². The number of benzene rings is 2. The van der Waals surface area contributed by atoms with E-state index < -0.39 is 0 Å². The first-order valence-electron chi connectivity index (χ1n) is 7.28. The summed E-state index contributed by atoms with van der Waals surface area (Å²) in [4.78, 5) is 12.2. The lowest BCUT2D eigenvalue weighted by molar-refractivity contribution is 0.0950. The molecule has 3 rings (SSSR count). The first kappa shape index (κ1) is 15.0. The van der Waals surface area contributed by atoms with Crippen molar-refractivity contribution in [2.24, 2.45) is 0 Å². The van der Waals surface area contributed by atoms with Crippen LogP contribution in [0, 0.1) is 12.7 Å². The van der Waals surface area contributed by atoms with Gasteiger partial charge in [0.15, 0.2) is 0 Å². The number of hydrogen-bond donors (Lipinski definition) is 1. The molecule has 1 heterocycles. The zero-order valence-corrected chi connectivity index (χ0v) is 12.7. The molecule has 0 aliphatic rings. The zero-order chi connectivity index (χ0) is 16.2. The largest absolute Gasteiger partial charge is 0.346 e. The van der Waals surface area contributed by atoms with Crippen LogP contribution in [0.15, 0.2) is 60.8 Å². The summed E-state index contributed by atoms with van der Waals surface area (Å²) in [6.45, 7) is 2.18. The molecule has 0 unspecified atom stereocenters. The van der Waals surface area contributed by atoms with Crippen molar-refractivity contribution in [3.8, 4) is 5.69 Å². The highest BCUT2D eigenvalue weighted by Crippen LogP contribution is 2.12. The van der Waals surface area contributed by atoms with Gasteiger partial charge in [-0.15, -0.1) is 0 Å². The number of halogens is 1. The van der Waals surface area contributed by atoms with Crippen LogP contribution in [-0.2, 0) is 6.54 Å². The average Bonchev–Trinajstić information content (AvgIpc) is 3.02. The standard InChI is InChI=1S/C18H16FN3O/c1-13-6-2-3-7-15(13)18(23)20-12-14-10-11-22(21-14)17-9-5-4-8-16(17)19/h2-11H,12H2,1H3,(H,20,23). The Morgan fingerprint density at radius 2 is 1.87 bits per heavy atom. The third-order valence-electron chi connectivity index (χ3n) is 3.56. The van der Waals surface area contributed by atoms with Crippen LogP contribution in [0.1, 0.15) is 21.6 Å². The fourth-order valence-electron chi connectivity index (χ4n) is 2.32. The maximum absolute atomic E-state index is 13.7. The Hall–Kier alpha value is -2.95. The lowest BCUT2D eigenvalue weighted by Gasteiger charge is -2.06. The molecule has 0 saturated carbocycles. The highest BCUT2D eigenvalue weighted by molar-refractivity contribution is 5.95. The van der Waals surface area contributed by atoms with Crippen LogP contribution in [0.3, 0.4) is 0 Å². The zero-order valence-electron chi connectivity index (χ0n) is 12.7. The topological polar surface area (TPSA) is 46.9 Å². The Balaban J connectivity index is 1.70. The number of carbonyl (C=O) groups is 1. The summed E-state index contributed by atoms with van der Waals surface area (Å²) in [6, 6.07) is 15.6. The molecule has 4 nitrogen and oxygen atoms in total. The van der Waals surface area contributed by atoms with Gasteiger partial charge in [-0.1, -0.05) is 30.3 Å². The van der Waals surface area contributed by atoms with Gasteiger partial charge >= 0.3 is 0 Å². The predicted octanol–water partition coefficient (Wildman–Crippen LogP) is 3.25. The van der Waals surface area contributed by atoms with Crippen molar-refractivity contribution in [2.45, 2.75) is 13.5 Å². The van der Waals surface area contributed by atoms with Gasteiger partial charge in [0.25, 0.3) is 5.91 Å². The summed E-state index contributed by atoms with van der Waals surface area (Å²) >= 11 is 0. The lowest BCUT2D eigenvalue weighted by atomic mass is 10.1. The summed E-state index contributed by atoms with van der Waals surface area (Å²) in [5.74, 6) is -0.491.